The van der Waals surface area contributed by atoms with Gasteiger partial charge in [0.1, 0.15) is 11.6 Å². The molecule has 0 aliphatic heterocycles. The van der Waals surface area contributed by atoms with Crippen LogP contribution in [-0.2, 0) is 21.7 Å². The molecule has 0 amide bonds. The molecule has 0 spiro atoms. The molecule has 0 unspecified atom stereocenters. The van der Waals surface area contributed by atoms with Gasteiger partial charge in [-0.15, -0.1) is 0 Å². The molecule has 0 radical (unpaired) electrons. The summed E-state index contributed by atoms with van der Waals surface area (Å²) in [6, 6.07) is 58.8. The minimum Gasteiger partial charge on any atom is -0.507 e. The van der Waals surface area contributed by atoms with Gasteiger partial charge in [-0.05, 0) is 115 Å². The number of aromatic nitrogens is 3. The Morgan fingerprint density at radius 3 is 1.44 bits per heavy atom. The minimum atomic E-state index is -0.351. The fourth-order valence-corrected chi connectivity index (χ4v) is 9.30. The molecule has 9 rings (SSSR count). The molecule has 1 N–H and O–H groups in total. The highest BCUT2D eigenvalue weighted by Crippen LogP contribution is 2.48. The first-order valence-electron chi connectivity index (χ1n) is 24.0. The smallest absolute Gasteiger partial charge is 0.149 e. The Morgan fingerprint density at radius 1 is 0.397 bits per heavy atom. The van der Waals surface area contributed by atoms with Crippen LogP contribution in [0.3, 0.4) is 0 Å². The van der Waals surface area contributed by atoms with Gasteiger partial charge in [0.15, 0.2) is 0 Å². The van der Waals surface area contributed by atoms with E-state index in [1.54, 1.807) is 0 Å². The van der Waals surface area contributed by atoms with Crippen LogP contribution in [0.2, 0.25) is 0 Å². The maximum Gasteiger partial charge on any atom is 0.149 e. The first-order valence-corrected chi connectivity index (χ1v) is 24.0. The third-order valence-electron chi connectivity index (χ3n) is 13.4. The molecular formula is C64H65N3O. The van der Waals surface area contributed by atoms with Crippen LogP contribution in [-0.4, -0.2) is 19.6 Å². The average Bonchev–Trinajstić information content (AvgIpc) is 3.70. The van der Waals surface area contributed by atoms with Crippen molar-refractivity contribution in [1.82, 2.24) is 14.5 Å². The highest BCUT2D eigenvalue weighted by atomic mass is 16.3. The van der Waals surface area contributed by atoms with E-state index in [1.165, 1.54) is 11.1 Å². The van der Waals surface area contributed by atoms with E-state index in [0.29, 0.717) is 11.4 Å². The van der Waals surface area contributed by atoms with Crippen LogP contribution < -0.4 is 0 Å². The van der Waals surface area contributed by atoms with Gasteiger partial charge in [0.05, 0.1) is 28.0 Å². The number of phenols is 1. The molecule has 0 bridgehead atoms. The Morgan fingerprint density at radius 2 is 0.897 bits per heavy atom. The normalized spacial score (nSPS) is 12.5. The van der Waals surface area contributed by atoms with Gasteiger partial charge in [-0.3, -0.25) is 9.55 Å². The summed E-state index contributed by atoms with van der Waals surface area (Å²) in [5.74, 6) is 0.933. The van der Waals surface area contributed by atoms with E-state index in [1.807, 2.05) is 6.20 Å². The molecule has 342 valence electrons. The third kappa shape index (κ3) is 8.93. The van der Waals surface area contributed by atoms with Gasteiger partial charge in [0.25, 0.3) is 0 Å². The Labute approximate surface area is 404 Å². The van der Waals surface area contributed by atoms with E-state index in [2.05, 4.69) is 251 Å². The van der Waals surface area contributed by atoms with Crippen molar-refractivity contribution in [3.63, 3.8) is 0 Å². The predicted molar refractivity (Wildman–Crippen MR) is 288 cm³/mol. The van der Waals surface area contributed by atoms with E-state index < -0.39 is 0 Å². The van der Waals surface area contributed by atoms with Crippen molar-refractivity contribution in [2.24, 2.45) is 0 Å². The second-order valence-corrected chi connectivity index (χ2v) is 22.6. The minimum absolute atomic E-state index is 0.148. The van der Waals surface area contributed by atoms with Crippen molar-refractivity contribution in [2.75, 3.05) is 0 Å². The summed E-state index contributed by atoms with van der Waals surface area (Å²) in [6.45, 7) is 26.9. The van der Waals surface area contributed by atoms with Crippen molar-refractivity contribution in [3.8, 4) is 78.6 Å². The number of imidazole rings is 1. The summed E-state index contributed by atoms with van der Waals surface area (Å²) in [7, 11) is 0. The summed E-state index contributed by atoms with van der Waals surface area (Å²) in [5.41, 5.74) is 17.8. The number of phenolic OH excluding ortho intramolecular Hbond substituents is 1. The van der Waals surface area contributed by atoms with Gasteiger partial charge >= 0.3 is 0 Å². The van der Waals surface area contributed by atoms with E-state index in [0.717, 1.165) is 83.6 Å². The van der Waals surface area contributed by atoms with Gasteiger partial charge in [0, 0.05) is 34.0 Å². The van der Waals surface area contributed by atoms with Crippen LogP contribution in [0.25, 0.3) is 83.9 Å². The number of para-hydroxylation sites is 1. The second kappa shape index (κ2) is 17.2. The number of hydrogen-bond acceptors (Lipinski definition) is 3. The van der Waals surface area contributed by atoms with Gasteiger partial charge in [0.2, 0.25) is 0 Å². The van der Waals surface area contributed by atoms with Crippen LogP contribution >= 0.6 is 0 Å². The standard InChI is InChI=1S/C64H65N3O/c1-61(2,3)47-34-45(33-46(35-47)55-36-44(31-32-65-55)41-23-16-13-17-24-41)50-29-22-30-56-57(50)66-60(53-39-49(63(7,8)9)40-54(59(53)68)64(10,11)12)67(56)58-51(42-25-18-14-19-26-42)37-48(62(4,5)6)38-52(58)43-27-20-15-21-28-43/h13-40,68H,1-12H3. The zero-order valence-electron chi connectivity index (χ0n) is 42.0. The molecule has 4 heteroatoms. The SMILES string of the molecule is CC(C)(C)c1cc(-c2cc(-c3ccccc3)ccn2)cc(-c2cccc3c2nc(-c2cc(C(C)(C)C)cc(C(C)(C)C)c2O)n3-c2c(-c3ccccc3)cc(C(C)(C)C)cc2-c2ccccc2)c1. The number of aromatic hydroxyl groups is 1. The number of hydrogen-bond donors (Lipinski definition) is 1. The van der Waals surface area contributed by atoms with Crippen molar-refractivity contribution in [2.45, 2.75) is 105 Å². The zero-order valence-corrected chi connectivity index (χ0v) is 42.0. The molecule has 7 aromatic carbocycles. The van der Waals surface area contributed by atoms with Crippen LogP contribution in [0.5, 0.6) is 5.75 Å². The number of pyridine rings is 1. The van der Waals surface area contributed by atoms with Crippen LogP contribution in [0, 0.1) is 0 Å². The fraction of sp³-hybridized carbons (Fsp3) is 0.250. The quantitative estimate of drug-likeness (QED) is 0.173. The molecule has 2 heterocycles. The highest BCUT2D eigenvalue weighted by molar-refractivity contribution is 6.00. The summed E-state index contributed by atoms with van der Waals surface area (Å²) < 4.78 is 2.35. The molecule has 9 aromatic rings. The summed E-state index contributed by atoms with van der Waals surface area (Å²) in [5, 5.41) is 12.8. The zero-order chi connectivity index (χ0) is 48.3. The van der Waals surface area contributed by atoms with Gasteiger partial charge in [-0.25, -0.2) is 4.98 Å². The fourth-order valence-electron chi connectivity index (χ4n) is 9.30. The predicted octanol–water partition coefficient (Wildman–Crippen LogP) is 17.3. The molecule has 2 aromatic heterocycles. The summed E-state index contributed by atoms with van der Waals surface area (Å²) in [4.78, 5) is 10.8. The first-order chi connectivity index (χ1) is 32.2. The Kier molecular flexibility index (Phi) is 11.7. The van der Waals surface area contributed by atoms with E-state index in [-0.39, 0.29) is 27.4 Å². The van der Waals surface area contributed by atoms with Gasteiger partial charge in [-0.2, -0.15) is 0 Å². The van der Waals surface area contributed by atoms with Crippen LogP contribution in [0.4, 0.5) is 0 Å². The molecule has 68 heavy (non-hydrogen) atoms. The maximum atomic E-state index is 12.8. The summed E-state index contributed by atoms with van der Waals surface area (Å²) >= 11 is 0. The lowest BCUT2D eigenvalue weighted by Gasteiger charge is -2.28. The van der Waals surface area contributed by atoms with Crippen molar-refractivity contribution in [3.05, 3.63) is 192 Å². The topological polar surface area (TPSA) is 50.9 Å². The van der Waals surface area contributed by atoms with Crippen LogP contribution in [0.1, 0.15) is 105 Å². The van der Waals surface area contributed by atoms with E-state index in [4.69, 9.17) is 9.97 Å². The lowest BCUT2D eigenvalue weighted by Crippen LogP contribution is -2.17. The van der Waals surface area contributed by atoms with Crippen LogP contribution in [0.15, 0.2) is 170 Å². The molecule has 0 saturated carbocycles. The lowest BCUT2D eigenvalue weighted by atomic mass is 9.78. The first kappa shape index (κ1) is 46.1. The number of benzene rings is 7. The summed E-state index contributed by atoms with van der Waals surface area (Å²) in [6.07, 6.45) is 1.92. The Balaban J connectivity index is 1.43. The molecule has 0 aliphatic carbocycles. The number of nitrogens with zero attached hydrogens (tertiary/aromatic N) is 3. The number of fused-ring (bicyclic) bond motifs is 1. The molecular weight excluding hydrogens is 827 g/mol. The van der Waals surface area contributed by atoms with Crippen molar-refractivity contribution in [1.29, 1.82) is 0 Å². The van der Waals surface area contributed by atoms with Crippen molar-refractivity contribution >= 4 is 11.0 Å². The average molecular weight is 892 g/mol. The Hall–Kier alpha value is -7.04. The van der Waals surface area contributed by atoms with Gasteiger partial charge in [-0.1, -0.05) is 198 Å². The highest BCUT2D eigenvalue weighted by Gasteiger charge is 2.31. The molecule has 0 saturated heterocycles. The van der Waals surface area contributed by atoms with E-state index in [9.17, 15) is 5.11 Å². The largest absolute Gasteiger partial charge is 0.507 e. The second-order valence-electron chi connectivity index (χ2n) is 22.6. The maximum absolute atomic E-state index is 12.8. The monoisotopic (exact) mass is 892 g/mol. The molecule has 0 aliphatic rings. The Bertz CT molecular complexity index is 3240. The third-order valence-corrected chi connectivity index (χ3v) is 13.4. The molecule has 0 atom stereocenters. The van der Waals surface area contributed by atoms with Crippen molar-refractivity contribution < 1.29 is 5.11 Å². The molecule has 0 fully saturated rings. The number of rotatable bonds is 7. The van der Waals surface area contributed by atoms with Gasteiger partial charge < -0.3 is 5.11 Å². The molecule has 4 nitrogen and oxygen atoms in total. The van der Waals surface area contributed by atoms with E-state index >= 15 is 0 Å². The lowest BCUT2D eigenvalue weighted by molar-refractivity contribution is 0.446.